The van der Waals surface area contributed by atoms with E-state index in [1.54, 1.807) is 12.1 Å². The van der Waals surface area contributed by atoms with E-state index < -0.39 is 0 Å². The molecule has 1 aromatic carbocycles. The first-order valence-electron chi connectivity index (χ1n) is 3.08. The van der Waals surface area contributed by atoms with Gasteiger partial charge in [-0.2, -0.15) is 0 Å². The van der Waals surface area contributed by atoms with Crippen LogP contribution in [-0.2, 0) is 0 Å². The first-order chi connectivity index (χ1) is 5.66. The highest BCUT2D eigenvalue weighted by Crippen LogP contribution is 2.36. The highest BCUT2D eigenvalue weighted by atomic mass is 35.5. The molecular weight excluding hydrogens is 218 g/mol. The third-order valence-electron chi connectivity index (χ3n) is 1.21. The molecule has 12 heavy (non-hydrogen) atoms. The summed E-state index contributed by atoms with van der Waals surface area (Å²) in [6, 6.07) is 3.23. The molecule has 0 heterocycles. The van der Waals surface area contributed by atoms with Gasteiger partial charge in [-0.15, -0.1) is 0 Å². The molecule has 0 radical (unpaired) electrons. The van der Waals surface area contributed by atoms with Gasteiger partial charge >= 0.3 is 0 Å². The summed E-state index contributed by atoms with van der Waals surface area (Å²) < 4.78 is 4.96. The summed E-state index contributed by atoms with van der Waals surface area (Å²) in [6.07, 6.45) is 1.27. The summed E-state index contributed by atoms with van der Waals surface area (Å²) >= 11 is 17.2. The molecule has 0 aliphatic heterocycles. The lowest BCUT2D eigenvalue weighted by atomic mass is 10.3. The van der Waals surface area contributed by atoms with Gasteiger partial charge in [-0.1, -0.05) is 41.4 Å². The van der Waals surface area contributed by atoms with Crippen molar-refractivity contribution in [1.29, 1.82) is 0 Å². The van der Waals surface area contributed by atoms with Gasteiger partial charge < -0.3 is 4.74 Å². The Balaban J connectivity index is 3.16. The monoisotopic (exact) mass is 222 g/mol. The molecular formula is C8H5Cl3O. The standard InChI is InChI=1S/C8H5Cl3O/c1-2-12-6-4-3-5(9)7(10)8(6)11/h2-4H,1H2. The van der Waals surface area contributed by atoms with E-state index in [4.69, 9.17) is 39.5 Å². The van der Waals surface area contributed by atoms with Crippen LogP contribution in [0, 0.1) is 0 Å². The van der Waals surface area contributed by atoms with Crippen LogP contribution >= 0.6 is 34.8 Å². The van der Waals surface area contributed by atoms with Crippen molar-refractivity contribution >= 4 is 34.8 Å². The molecule has 0 saturated carbocycles. The molecule has 0 aliphatic carbocycles. The first kappa shape index (κ1) is 9.72. The zero-order chi connectivity index (χ0) is 9.14. The number of halogens is 3. The molecule has 0 saturated heterocycles. The summed E-state index contributed by atoms with van der Waals surface area (Å²) in [5.74, 6) is 0.445. The van der Waals surface area contributed by atoms with Crippen LogP contribution in [0.5, 0.6) is 5.75 Å². The van der Waals surface area contributed by atoms with Gasteiger partial charge in [-0.05, 0) is 12.1 Å². The Morgan fingerprint density at radius 2 is 1.83 bits per heavy atom. The van der Waals surface area contributed by atoms with Crippen LogP contribution < -0.4 is 4.74 Å². The van der Waals surface area contributed by atoms with Crippen LogP contribution in [0.3, 0.4) is 0 Å². The highest BCUT2D eigenvalue weighted by Gasteiger charge is 2.08. The second-order valence-corrected chi connectivity index (χ2v) is 3.12. The number of hydrogen-bond donors (Lipinski definition) is 0. The summed E-state index contributed by atoms with van der Waals surface area (Å²) in [6.45, 7) is 3.39. The summed E-state index contributed by atoms with van der Waals surface area (Å²) in [5, 5.41) is 0.986. The molecule has 0 fully saturated rings. The van der Waals surface area contributed by atoms with Crippen LogP contribution in [0.15, 0.2) is 25.0 Å². The molecule has 0 aromatic heterocycles. The van der Waals surface area contributed by atoms with E-state index in [1.165, 1.54) is 6.26 Å². The first-order valence-corrected chi connectivity index (χ1v) is 4.21. The average Bonchev–Trinajstić information content (AvgIpc) is 2.07. The van der Waals surface area contributed by atoms with E-state index in [0.29, 0.717) is 15.8 Å². The van der Waals surface area contributed by atoms with Gasteiger partial charge in [0.2, 0.25) is 0 Å². The summed E-state index contributed by atoms with van der Waals surface area (Å²) in [4.78, 5) is 0. The van der Waals surface area contributed by atoms with E-state index in [0.717, 1.165) is 0 Å². The predicted octanol–water partition coefficient (Wildman–Crippen LogP) is 4.17. The van der Waals surface area contributed by atoms with Crippen molar-refractivity contribution in [3.63, 3.8) is 0 Å². The minimum Gasteiger partial charge on any atom is -0.464 e. The van der Waals surface area contributed by atoms with Crippen LogP contribution in [-0.4, -0.2) is 0 Å². The van der Waals surface area contributed by atoms with Crippen molar-refractivity contribution in [3.05, 3.63) is 40.0 Å². The number of ether oxygens (including phenoxy) is 1. The topological polar surface area (TPSA) is 9.23 Å². The zero-order valence-corrected chi connectivity index (χ0v) is 8.25. The minimum atomic E-state index is 0.290. The quantitative estimate of drug-likeness (QED) is 0.540. The second-order valence-electron chi connectivity index (χ2n) is 1.96. The maximum atomic E-state index is 5.79. The van der Waals surface area contributed by atoms with E-state index >= 15 is 0 Å². The normalized spacial score (nSPS) is 9.58. The predicted molar refractivity (Wildman–Crippen MR) is 52.3 cm³/mol. The van der Waals surface area contributed by atoms with E-state index in [1.807, 2.05) is 0 Å². The van der Waals surface area contributed by atoms with E-state index in [9.17, 15) is 0 Å². The molecule has 0 unspecified atom stereocenters. The molecule has 4 heteroatoms. The molecule has 64 valence electrons. The Bertz CT molecular complexity index is 309. The highest BCUT2D eigenvalue weighted by molar-refractivity contribution is 6.48. The van der Waals surface area contributed by atoms with Crippen molar-refractivity contribution in [3.8, 4) is 5.75 Å². The number of rotatable bonds is 2. The fourth-order valence-corrected chi connectivity index (χ4v) is 1.26. The third kappa shape index (κ3) is 1.86. The van der Waals surface area contributed by atoms with Gasteiger partial charge in [0.25, 0.3) is 0 Å². The number of benzene rings is 1. The molecule has 0 bridgehead atoms. The van der Waals surface area contributed by atoms with Gasteiger partial charge in [0.1, 0.15) is 10.8 Å². The lowest BCUT2D eigenvalue weighted by Gasteiger charge is -2.04. The minimum absolute atomic E-state index is 0.290. The smallest absolute Gasteiger partial charge is 0.146 e. The van der Waals surface area contributed by atoms with Crippen LogP contribution in [0.25, 0.3) is 0 Å². The average molecular weight is 223 g/mol. The summed E-state index contributed by atoms with van der Waals surface area (Å²) in [7, 11) is 0. The molecule has 0 N–H and O–H groups in total. The van der Waals surface area contributed by atoms with Crippen molar-refractivity contribution < 1.29 is 4.74 Å². The fourth-order valence-electron chi connectivity index (χ4n) is 0.689. The zero-order valence-electron chi connectivity index (χ0n) is 5.98. The molecule has 0 amide bonds. The molecule has 0 spiro atoms. The van der Waals surface area contributed by atoms with Gasteiger partial charge in [-0.3, -0.25) is 0 Å². The number of hydrogen-bond acceptors (Lipinski definition) is 1. The molecule has 0 atom stereocenters. The van der Waals surface area contributed by atoms with Crippen LogP contribution in [0.1, 0.15) is 0 Å². The van der Waals surface area contributed by atoms with Crippen molar-refractivity contribution in [2.24, 2.45) is 0 Å². The maximum absolute atomic E-state index is 5.79. The summed E-state index contributed by atoms with van der Waals surface area (Å²) in [5.41, 5.74) is 0. The molecule has 1 nitrogen and oxygen atoms in total. The molecule has 1 aromatic rings. The fraction of sp³-hybridized carbons (Fsp3) is 0. The van der Waals surface area contributed by atoms with Gasteiger partial charge in [0, 0.05) is 0 Å². The lowest BCUT2D eigenvalue weighted by Crippen LogP contribution is -1.83. The van der Waals surface area contributed by atoms with Gasteiger partial charge in [0.05, 0.1) is 16.3 Å². The van der Waals surface area contributed by atoms with Crippen molar-refractivity contribution in [2.45, 2.75) is 0 Å². The van der Waals surface area contributed by atoms with E-state index in [-0.39, 0.29) is 5.02 Å². The van der Waals surface area contributed by atoms with Crippen molar-refractivity contribution in [1.82, 2.24) is 0 Å². The lowest BCUT2D eigenvalue weighted by molar-refractivity contribution is 0.484. The molecule has 1 rings (SSSR count). The Morgan fingerprint density at radius 1 is 1.17 bits per heavy atom. The Morgan fingerprint density at radius 3 is 2.42 bits per heavy atom. The largest absolute Gasteiger partial charge is 0.464 e. The Kier molecular flexibility index (Phi) is 3.27. The van der Waals surface area contributed by atoms with Crippen molar-refractivity contribution in [2.75, 3.05) is 0 Å². The molecule has 0 aliphatic rings. The third-order valence-corrected chi connectivity index (χ3v) is 2.49. The van der Waals surface area contributed by atoms with Crippen LogP contribution in [0.2, 0.25) is 15.1 Å². The van der Waals surface area contributed by atoms with Gasteiger partial charge in [0.15, 0.2) is 0 Å². The van der Waals surface area contributed by atoms with Gasteiger partial charge in [-0.25, -0.2) is 0 Å². The Labute approximate surface area is 85.5 Å². The van der Waals surface area contributed by atoms with E-state index in [2.05, 4.69) is 6.58 Å². The maximum Gasteiger partial charge on any atom is 0.146 e. The Hall–Kier alpha value is -0.370. The second kappa shape index (κ2) is 4.04. The van der Waals surface area contributed by atoms with Crippen LogP contribution in [0.4, 0.5) is 0 Å². The SMILES string of the molecule is C=COc1ccc(Cl)c(Cl)c1Cl.